The summed E-state index contributed by atoms with van der Waals surface area (Å²) in [7, 11) is 1.36. The summed E-state index contributed by atoms with van der Waals surface area (Å²) in [4.78, 5) is 26.6. The summed E-state index contributed by atoms with van der Waals surface area (Å²) in [5, 5.41) is 8.29. The third-order valence-corrected chi connectivity index (χ3v) is 3.37. The zero-order valence-corrected chi connectivity index (χ0v) is 9.69. The van der Waals surface area contributed by atoms with Gasteiger partial charge in [0.1, 0.15) is 0 Å². The van der Waals surface area contributed by atoms with Crippen LogP contribution in [-0.2, 0) is 19.2 Å². The number of rotatable bonds is 4. The molecular weight excluding hydrogens is 212 g/mol. The van der Waals surface area contributed by atoms with Crippen molar-refractivity contribution in [2.75, 3.05) is 7.11 Å². The van der Waals surface area contributed by atoms with Gasteiger partial charge >= 0.3 is 11.9 Å². The van der Waals surface area contributed by atoms with Crippen LogP contribution in [0.4, 0.5) is 0 Å². The van der Waals surface area contributed by atoms with Crippen LogP contribution in [0.3, 0.4) is 0 Å². The molecule has 92 valence electrons. The third-order valence-electron chi connectivity index (χ3n) is 3.37. The van der Waals surface area contributed by atoms with Gasteiger partial charge in [0, 0.05) is 0 Å². The summed E-state index contributed by atoms with van der Waals surface area (Å²) < 4.78 is 4.80. The Bertz CT molecular complexity index is 268. The van der Waals surface area contributed by atoms with Gasteiger partial charge in [-0.3, -0.25) is 4.79 Å². The summed E-state index contributed by atoms with van der Waals surface area (Å²) in [5.41, 5.74) is -0.567. The first kappa shape index (κ1) is 13.0. The minimum atomic E-state index is -0.699. The highest BCUT2D eigenvalue weighted by molar-refractivity contribution is 5.79. The number of hydrogen-bond acceptors (Lipinski definition) is 5. The molecule has 1 aliphatic carbocycles. The van der Waals surface area contributed by atoms with Crippen LogP contribution in [0.5, 0.6) is 0 Å². The molecule has 0 aromatic heterocycles. The Morgan fingerprint density at radius 2 is 1.94 bits per heavy atom. The van der Waals surface area contributed by atoms with Crippen LogP contribution in [0.1, 0.15) is 39.0 Å². The summed E-state index contributed by atoms with van der Waals surface area (Å²) in [5.74, 6) is -1.46. The van der Waals surface area contributed by atoms with Crippen molar-refractivity contribution in [1.82, 2.24) is 0 Å². The normalized spacial score (nSPS) is 20.2. The molecule has 0 aliphatic heterocycles. The van der Waals surface area contributed by atoms with Gasteiger partial charge in [-0.15, -0.1) is 0 Å². The van der Waals surface area contributed by atoms with E-state index < -0.39 is 17.3 Å². The fourth-order valence-corrected chi connectivity index (χ4v) is 2.52. The molecule has 1 rings (SSSR count). The molecule has 0 heterocycles. The van der Waals surface area contributed by atoms with E-state index in [1.165, 1.54) is 7.11 Å². The van der Waals surface area contributed by atoms with Crippen molar-refractivity contribution in [1.29, 1.82) is 0 Å². The smallest absolute Gasteiger partial charge is 0.344 e. The lowest BCUT2D eigenvalue weighted by atomic mass is 9.78. The van der Waals surface area contributed by atoms with E-state index in [-0.39, 0.29) is 5.97 Å². The molecule has 0 radical (unpaired) electrons. The maximum Gasteiger partial charge on any atom is 0.344 e. The molecule has 5 nitrogen and oxygen atoms in total. The van der Waals surface area contributed by atoms with E-state index in [0.717, 1.165) is 25.7 Å². The van der Waals surface area contributed by atoms with Crippen LogP contribution >= 0.6 is 0 Å². The fraction of sp³-hybridized carbons (Fsp3) is 0.818. The highest BCUT2D eigenvalue weighted by Gasteiger charge is 2.44. The van der Waals surface area contributed by atoms with Gasteiger partial charge < -0.3 is 9.62 Å². The molecule has 1 aliphatic rings. The topological polar surface area (TPSA) is 72.8 Å². The quantitative estimate of drug-likeness (QED) is 0.452. The number of esters is 1. The maximum atomic E-state index is 11.7. The zero-order chi connectivity index (χ0) is 12.2. The predicted octanol–water partition coefficient (Wildman–Crippen LogP) is 1.76. The number of ether oxygens (including phenoxy) is 1. The fourth-order valence-electron chi connectivity index (χ4n) is 2.52. The van der Waals surface area contributed by atoms with Crippen LogP contribution < -0.4 is 0 Å². The summed E-state index contributed by atoms with van der Waals surface area (Å²) in [6.07, 6.45) is 3.79. The first-order chi connectivity index (χ1) is 7.55. The summed E-state index contributed by atoms with van der Waals surface area (Å²) >= 11 is 0. The van der Waals surface area contributed by atoms with Crippen molar-refractivity contribution in [2.24, 2.45) is 11.3 Å². The number of carbonyl (C=O) groups is 2. The predicted molar refractivity (Wildman–Crippen MR) is 55.4 cm³/mol. The standard InChI is InChI=1S/C11H18O5/c1-8(9(12)16-14)7-11(10(13)15-2)5-3-4-6-11/h8,14H,3-7H2,1-2H3. The monoisotopic (exact) mass is 230 g/mol. The van der Waals surface area contributed by atoms with E-state index >= 15 is 0 Å². The molecule has 1 N–H and O–H groups in total. The lowest BCUT2D eigenvalue weighted by molar-refractivity contribution is -0.239. The van der Waals surface area contributed by atoms with Crippen molar-refractivity contribution < 1.29 is 24.5 Å². The number of hydrogen-bond donors (Lipinski definition) is 1. The Morgan fingerprint density at radius 1 is 1.38 bits per heavy atom. The maximum absolute atomic E-state index is 11.7. The van der Waals surface area contributed by atoms with Crippen LogP contribution in [0.2, 0.25) is 0 Å². The lowest BCUT2D eigenvalue weighted by Gasteiger charge is -2.27. The molecule has 16 heavy (non-hydrogen) atoms. The van der Waals surface area contributed by atoms with Gasteiger partial charge in [0.2, 0.25) is 0 Å². The molecule has 0 amide bonds. The average Bonchev–Trinajstić information content (AvgIpc) is 2.76. The molecule has 0 spiro atoms. The molecule has 1 fully saturated rings. The highest BCUT2D eigenvalue weighted by Crippen LogP contribution is 2.44. The first-order valence-corrected chi connectivity index (χ1v) is 5.49. The van der Waals surface area contributed by atoms with Crippen molar-refractivity contribution >= 4 is 11.9 Å². The summed E-state index contributed by atoms with van der Waals surface area (Å²) in [6.45, 7) is 1.64. The van der Waals surface area contributed by atoms with Gasteiger partial charge in [0.15, 0.2) is 0 Å². The van der Waals surface area contributed by atoms with Gasteiger partial charge in [0.25, 0.3) is 0 Å². The zero-order valence-electron chi connectivity index (χ0n) is 9.69. The summed E-state index contributed by atoms with van der Waals surface area (Å²) in [6, 6.07) is 0. The van der Waals surface area contributed by atoms with Crippen LogP contribution in [0.15, 0.2) is 0 Å². The molecule has 0 bridgehead atoms. The number of carbonyl (C=O) groups excluding carboxylic acids is 2. The molecule has 5 heteroatoms. The molecular formula is C11H18O5. The lowest BCUT2D eigenvalue weighted by Crippen LogP contribution is -2.33. The van der Waals surface area contributed by atoms with E-state index in [4.69, 9.17) is 9.99 Å². The van der Waals surface area contributed by atoms with Gasteiger partial charge in [-0.05, 0) is 19.3 Å². The van der Waals surface area contributed by atoms with Crippen LogP contribution in [-0.4, -0.2) is 24.3 Å². The Hall–Kier alpha value is -1.10. The second-order valence-corrected chi connectivity index (χ2v) is 4.49. The SMILES string of the molecule is COC(=O)C1(CC(C)C(=O)OO)CCCC1. The highest BCUT2D eigenvalue weighted by atomic mass is 17.1. The van der Waals surface area contributed by atoms with Crippen molar-refractivity contribution in [2.45, 2.75) is 39.0 Å². The minimum absolute atomic E-state index is 0.261. The van der Waals surface area contributed by atoms with Gasteiger partial charge in [-0.25, -0.2) is 4.79 Å². The van der Waals surface area contributed by atoms with E-state index in [1.54, 1.807) is 6.92 Å². The van der Waals surface area contributed by atoms with E-state index in [1.807, 2.05) is 0 Å². The molecule has 0 aromatic carbocycles. The molecule has 0 saturated heterocycles. The second-order valence-electron chi connectivity index (χ2n) is 4.49. The van der Waals surface area contributed by atoms with Crippen molar-refractivity contribution in [3.63, 3.8) is 0 Å². The Kier molecular flexibility index (Phi) is 4.29. The molecule has 1 atom stereocenters. The largest absolute Gasteiger partial charge is 0.469 e. The van der Waals surface area contributed by atoms with E-state index in [9.17, 15) is 9.59 Å². The Balaban J connectivity index is 2.72. The minimum Gasteiger partial charge on any atom is -0.469 e. The van der Waals surface area contributed by atoms with Gasteiger partial charge in [-0.2, -0.15) is 5.26 Å². The average molecular weight is 230 g/mol. The molecule has 1 unspecified atom stereocenters. The Morgan fingerprint density at radius 3 is 2.38 bits per heavy atom. The Labute approximate surface area is 94.7 Å². The van der Waals surface area contributed by atoms with E-state index in [0.29, 0.717) is 6.42 Å². The van der Waals surface area contributed by atoms with Crippen LogP contribution in [0, 0.1) is 11.3 Å². The van der Waals surface area contributed by atoms with Crippen molar-refractivity contribution in [3.05, 3.63) is 0 Å². The van der Waals surface area contributed by atoms with Crippen LogP contribution in [0.25, 0.3) is 0 Å². The van der Waals surface area contributed by atoms with Gasteiger partial charge in [0.05, 0.1) is 18.4 Å². The second kappa shape index (κ2) is 5.30. The third kappa shape index (κ3) is 2.52. The van der Waals surface area contributed by atoms with Gasteiger partial charge in [-0.1, -0.05) is 19.8 Å². The molecule has 0 aromatic rings. The van der Waals surface area contributed by atoms with Crippen molar-refractivity contribution in [3.8, 4) is 0 Å². The first-order valence-electron chi connectivity index (χ1n) is 5.49. The van der Waals surface area contributed by atoms with E-state index in [2.05, 4.69) is 4.89 Å². The number of methoxy groups -OCH3 is 1. The molecule has 1 saturated carbocycles.